The number of β-amino-alcohol motifs (C(OH)–C–C–N with tert-alkyl or cyclic N) is 1. The fourth-order valence-electron chi connectivity index (χ4n) is 2.86. The van der Waals surface area contributed by atoms with Crippen LogP contribution >= 0.6 is 0 Å². The van der Waals surface area contributed by atoms with Crippen LogP contribution in [0.15, 0.2) is 36.4 Å². The Balaban J connectivity index is 1.69. The summed E-state index contributed by atoms with van der Waals surface area (Å²) < 4.78 is 5.87. The van der Waals surface area contributed by atoms with Gasteiger partial charge in [0.05, 0.1) is 18.9 Å². The third-order valence-corrected chi connectivity index (χ3v) is 4.07. The van der Waals surface area contributed by atoms with Gasteiger partial charge in [-0.25, -0.2) is 9.97 Å². The number of nitrogens with zero attached hydrogens (tertiary/aromatic N) is 3. The second-order valence-corrected chi connectivity index (χ2v) is 5.95. The lowest BCUT2D eigenvalue weighted by molar-refractivity contribution is -0.0358. The van der Waals surface area contributed by atoms with Crippen molar-refractivity contribution in [3.63, 3.8) is 0 Å². The molecule has 128 valence electrons. The molecule has 2 heterocycles. The molecule has 1 aromatic heterocycles. The second kappa shape index (κ2) is 8.19. The second-order valence-electron chi connectivity index (χ2n) is 5.95. The van der Waals surface area contributed by atoms with Gasteiger partial charge in [0, 0.05) is 32.2 Å². The molecule has 3 rings (SSSR count). The topological polar surface area (TPSA) is 70.5 Å². The predicted octanol–water partition coefficient (Wildman–Crippen LogP) is 1.76. The maximum Gasteiger partial charge on any atom is 0.130 e. The molecule has 2 N–H and O–H groups in total. The largest absolute Gasteiger partial charge is 0.395 e. The van der Waals surface area contributed by atoms with E-state index in [-0.39, 0.29) is 12.7 Å². The first-order valence-electron chi connectivity index (χ1n) is 8.33. The summed E-state index contributed by atoms with van der Waals surface area (Å²) in [5, 5.41) is 12.5. The number of morpholine rings is 1. The van der Waals surface area contributed by atoms with Crippen molar-refractivity contribution in [2.45, 2.75) is 19.6 Å². The van der Waals surface area contributed by atoms with Crippen molar-refractivity contribution < 1.29 is 9.84 Å². The molecule has 0 amide bonds. The molecule has 24 heavy (non-hydrogen) atoms. The van der Waals surface area contributed by atoms with Crippen LogP contribution in [0.3, 0.4) is 0 Å². The molecule has 1 aliphatic rings. The summed E-state index contributed by atoms with van der Waals surface area (Å²) in [6.07, 6.45) is -0.0794. The van der Waals surface area contributed by atoms with Crippen LogP contribution in [0.25, 0.3) is 0 Å². The van der Waals surface area contributed by atoms with E-state index in [2.05, 4.69) is 32.3 Å². The van der Waals surface area contributed by atoms with E-state index >= 15 is 0 Å². The number of hydrogen-bond acceptors (Lipinski definition) is 6. The molecule has 1 aliphatic heterocycles. The summed E-state index contributed by atoms with van der Waals surface area (Å²) in [5.74, 6) is 1.54. The van der Waals surface area contributed by atoms with Crippen LogP contribution in [0.4, 0.5) is 5.82 Å². The van der Waals surface area contributed by atoms with Gasteiger partial charge in [-0.2, -0.15) is 0 Å². The zero-order chi connectivity index (χ0) is 16.8. The first kappa shape index (κ1) is 16.8. The van der Waals surface area contributed by atoms with Crippen molar-refractivity contribution in [2.24, 2.45) is 0 Å². The van der Waals surface area contributed by atoms with Crippen molar-refractivity contribution in [2.75, 3.05) is 38.2 Å². The number of rotatable bonds is 6. The quantitative estimate of drug-likeness (QED) is 0.842. The SMILES string of the molecule is Cc1nc(NCc2ccccc2)cc([C@H]2CN(CCO)CCO2)n1. The molecule has 1 atom stereocenters. The molecule has 0 aliphatic carbocycles. The van der Waals surface area contributed by atoms with Crippen LogP contribution in [0.1, 0.15) is 23.2 Å². The Hall–Kier alpha value is -2.02. The fourth-order valence-corrected chi connectivity index (χ4v) is 2.86. The molecule has 0 unspecified atom stereocenters. The number of aromatic nitrogens is 2. The lowest BCUT2D eigenvalue weighted by Crippen LogP contribution is -2.40. The Morgan fingerprint density at radius 3 is 2.92 bits per heavy atom. The summed E-state index contributed by atoms with van der Waals surface area (Å²) in [5.41, 5.74) is 2.10. The van der Waals surface area contributed by atoms with Gasteiger partial charge in [-0.05, 0) is 12.5 Å². The molecule has 6 heteroatoms. The van der Waals surface area contributed by atoms with Crippen molar-refractivity contribution in [3.05, 3.63) is 53.5 Å². The van der Waals surface area contributed by atoms with Crippen molar-refractivity contribution in [1.29, 1.82) is 0 Å². The van der Waals surface area contributed by atoms with E-state index in [1.54, 1.807) is 0 Å². The fraction of sp³-hybridized carbons (Fsp3) is 0.444. The van der Waals surface area contributed by atoms with E-state index in [4.69, 9.17) is 9.84 Å². The molecule has 1 fully saturated rings. The first-order chi connectivity index (χ1) is 11.7. The average Bonchev–Trinajstić information content (AvgIpc) is 2.61. The molecule has 2 aromatic rings. The average molecular weight is 328 g/mol. The number of nitrogens with one attached hydrogen (secondary N) is 1. The smallest absolute Gasteiger partial charge is 0.130 e. The molecule has 6 nitrogen and oxygen atoms in total. The standard InChI is InChI=1S/C18H24N4O2/c1-14-20-16(17-13-22(7-9-23)8-10-24-17)11-18(21-14)19-12-15-5-3-2-4-6-15/h2-6,11,17,23H,7-10,12-13H2,1H3,(H,19,20,21)/t17-/m1/s1. The van der Waals surface area contributed by atoms with Crippen molar-refractivity contribution in [3.8, 4) is 0 Å². The van der Waals surface area contributed by atoms with E-state index in [1.165, 1.54) is 5.56 Å². The third kappa shape index (κ3) is 4.50. The Kier molecular flexibility index (Phi) is 5.74. The maximum absolute atomic E-state index is 9.12. The number of aliphatic hydroxyl groups is 1. The van der Waals surface area contributed by atoms with E-state index in [9.17, 15) is 0 Å². The van der Waals surface area contributed by atoms with Crippen molar-refractivity contribution in [1.82, 2.24) is 14.9 Å². The van der Waals surface area contributed by atoms with Crippen LogP contribution in [0.5, 0.6) is 0 Å². The zero-order valence-corrected chi connectivity index (χ0v) is 14.0. The van der Waals surface area contributed by atoms with Crippen LogP contribution < -0.4 is 5.32 Å². The molecule has 1 saturated heterocycles. The number of aryl methyl sites for hydroxylation is 1. The summed E-state index contributed by atoms with van der Waals surface area (Å²) in [7, 11) is 0. The highest BCUT2D eigenvalue weighted by molar-refractivity contribution is 5.38. The Morgan fingerprint density at radius 1 is 1.29 bits per heavy atom. The number of anilines is 1. The Bertz CT molecular complexity index is 649. The minimum absolute atomic E-state index is 0.0794. The van der Waals surface area contributed by atoms with Crippen molar-refractivity contribution >= 4 is 5.82 Å². The number of ether oxygens (including phenoxy) is 1. The normalized spacial score (nSPS) is 18.5. The van der Waals surface area contributed by atoms with Gasteiger partial charge in [-0.15, -0.1) is 0 Å². The highest BCUT2D eigenvalue weighted by Crippen LogP contribution is 2.22. The third-order valence-electron chi connectivity index (χ3n) is 4.07. The van der Waals surface area contributed by atoms with Crippen LogP contribution in [0, 0.1) is 6.92 Å². The highest BCUT2D eigenvalue weighted by atomic mass is 16.5. The van der Waals surface area contributed by atoms with E-state index in [0.29, 0.717) is 13.2 Å². The van der Waals surface area contributed by atoms with Gasteiger partial charge in [0.25, 0.3) is 0 Å². The zero-order valence-electron chi connectivity index (χ0n) is 14.0. The number of aliphatic hydroxyl groups excluding tert-OH is 1. The van der Waals surface area contributed by atoms with Gasteiger partial charge < -0.3 is 15.2 Å². The van der Waals surface area contributed by atoms with Gasteiger partial charge in [0.2, 0.25) is 0 Å². The summed E-state index contributed by atoms with van der Waals surface area (Å²) in [4.78, 5) is 11.2. The molecule has 1 aromatic carbocycles. The van der Waals surface area contributed by atoms with Gasteiger partial charge in [0.15, 0.2) is 0 Å². The summed E-state index contributed by atoms with van der Waals surface area (Å²) in [6.45, 7) is 5.70. The van der Waals surface area contributed by atoms with E-state index in [0.717, 1.165) is 37.0 Å². The van der Waals surface area contributed by atoms with Gasteiger partial charge in [-0.3, -0.25) is 4.90 Å². The lowest BCUT2D eigenvalue weighted by atomic mass is 10.2. The van der Waals surface area contributed by atoms with E-state index in [1.807, 2.05) is 31.2 Å². The minimum Gasteiger partial charge on any atom is -0.395 e. The Morgan fingerprint density at radius 2 is 2.12 bits per heavy atom. The molecule has 0 radical (unpaired) electrons. The molecular weight excluding hydrogens is 304 g/mol. The molecule has 0 bridgehead atoms. The van der Waals surface area contributed by atoms with Gasteiger partial charge in [0.1, 0.15) is 17.7 Å². The molecule has 0 saturated carbocycles. The molecule has 0 spiro atoms. The monoisotopic (exact) mass is 328 g/mol. The maximum atomic E-state index is 9.12. The predicted molar refractivity (Wildman–Crippen MR) is 92.8 cm³/mol. The van der Waals surface area contributed by atoms with Gasteiger partial charge in [-0.1, -0.05) is 30.3 Å². The van der Waals surface area contributed by atoms with Crippen LogP contribution in [0.2, 0.25) is 0 Å². The summed E-state index contributed by atoms with van der Waals surface area (Å²) >= 11 is 0. The number of benzene rings is 1. The van der Waals surface area contributed by atoms with Crippen LogP contribution in [-0.4, -0.2) is 52.8 Å². The Labute approximate surface area is 142 Å². The molecular formula is C18H24N4O2. The number of hydrogen-bond donors (Lipinski definition) is 2. The van der Waals surface area contributed by atoms with E-state index < -0.39 is 0 Å². The van der Waals surface area contributed by atoms with Crippen LogP contribution in [-0.2, 0) is 11.3 Å². The lowest BCUT2D eigenvalue weighted by Gasteiger charge is -2.32. The highest BCUT2D eigenvalue weighted by Gasteiger charge is 2.23. The summed E-state index contributed by atoms with van der Waals surface area (Å²) in [6, 6.07) is 12.2. The van der Waals surface area contributed by atoms with Gasteiger partial charge >= 0.3 is 0 Å². The first-order valence-corrected chi connectivity index (χ1v) is 8.33. The minimum atomic E-state index is -0.0794.